The first kappa shape index (κ1) is 10.1. The zero-order valence-corrected chi connectivity index (χ0v) is 9.19. The minimum Gasteiger partial charge on any atom is -0.488 e. The van der Waals surface area contributed by atoms with Crippen molar-refractivity contribution in [2.75, 3.05) is 13.2 Å². The lowest BCUT2D eigenvalue weighted by atomic mass is 10.1. The van der Waals surface area contributed by atoms with Crippen LogP contribution >= 0.6 is 0 Å². The lowest BCUT2D eigenvalue weighted by molar-refractivity contribution is 0.140. The molecule has 2 aliphatic rings. The predicted molar refractivity (Wildman–Crippen MR) is 59.4 cm³/mol. The van der Waals surface area contributed by atoms with E-state index in [4.69, 9.17) is 9.47 Å². The van der Waals surface area contributed by atoms with Crippen molar-refractivity contribution in [2.45, 2.75) is 31.0 Å². The molecule has 3 heteroatoms. The van der Waals surface area contributed by atoms with Crippen molar-refractivity contribution in [2.24, 2.45) is 0 Å². The van der Waals surface area contributed by atoms with Crippen LogP contribution in [0.3, 0.4) is 0 Å². The molecular weight excluding hydrogens is 204 g/mol. The van der Waals surface area contributed by atoms with Crippen LogP contribution in [0, 0.1) is 0 Å². The molecule has 0 radical (unpaired) electrons. The standard InChI is InChI=1S/C13H16O3/c14-13(6-7-13)10-1-3-11(4-2-10)16-12-5-8-15-9-12/h1-4,12,14H,5-9H2. The Morgan fingerprint density at radius 2 is 2.00 bits per heavy atom. The molecule has 1 atom stereocenters. The molecule has 86 valence electrons. The van der Waals surface area contributed by atoms with Crippen molar-refractivity contribution >= 4 is 0 Å². The van der Waals surface area contributed by atoms with Gasteiger partial charge in [-0.15, -0.1) is 0 Å². The highest BCUT2D eigenvalue weighted by Crippen LogP contribution is 2.45. The van der Waals surface area contributed by atoms with Crippen LogP contribution in [-0.4, -0.2) is 24.4 Å². The molecule has 16 heavy (non-hydrogen) atoms. The molecule has 1 saturated heterocycles. The lowest BCUT2D eigenvalue weighted by Crippen LogP contribution is -2.15. The molecule has 1 heterocycles. The molecule has 0 aromatic heterocycles. The molecule has 1 aliphatic carbocycles. The van der Waals surface area contributed by atoms with E-state index in [1.165, 1.54) is 0 Å². The first-order valence-corrected chi connectivity index (χ1v) is 5.84. The van der Waals surface area contributed by atoms with Crippen LogP contribution in [0.25, 0.3) is 0 Å². The molecule has 1 unspecified atom stereocenters. The Bertz CT molecular complexity index is 361. The van der Waals surface area contributed by atoms with Crippen molar-refractivity contribution in [3.8, 4) is 5.75 Å². The Balaban J connectivity index is 1.67. The van der Waals surface area contributed by atoms with Gasteiger partial charge in [0.15, 0.2) is 0 Å². The fraction of sp³-hybridized carbons (Fsp3) is 0.538. The second kappa shape index (κ2) is 3.75. The van der Waals surface area contributed by atoms with E-state index in [0.29, 0.717) is 6.61 Å². The number of aliphatic hydroxyl groups is 1. The van der Waals surface area contributed by atoms with E-state index in [9.17, 15) is 5.11 Å². The van der Waals surface area contributed by atoms with Gasteiger partial charge in [-0.2, -0.15) is 0 Å². The smallest absolute Gasteiger partial charge is 0.124 e. The molecule has 1 saturated carbocycles. The van der Waals surface area contributed by atoms with Gasteiger partial charge in [0.25, 0.3) is 0 Å². The van der Waals surface area contributed by atoms with Crippen molar-refractivity contribution in [1.82, 2.24) is 0 Å². The molecule has 0 spiro atoms. The molecule has 2 fully saturated rings. The summed E-state index contributed by atoms with van der Waals surface area (Å²) < 4.78 is 11.0. The van der Waals surface area contributed by atoms with Crippen LogP contribution in [0.2, 0.25) is 0 Å². The second-order valence-electron chi connectivity index (χ2n) is 4.66. The van der Waals surface area contributed by atoms with Gasteiger partial charge in [-0.1, -0.05) is 12.1 Å². The van der Waals surface area contributed by atoms with Crippen molar-refractivity contribution in [3.05, 3.63) is 29.8 Å². The van der Waals surface area contributed by atoms with E-state index in [1.807, 2.05) is 24.3 Å². The maximum Gasteiger partial charge on any atom is 0.124 e. The van der Waals surface area contributed by atoms with Gasteiger partial charge in [-0.3, -0.25) is 0 Å². The van der Waals surface area contributed by atoms with E-state index in [2.05, 4.69) is 0 Å². The van der Waals surface area contributed by atoms with Crippen molar-refractivity contribution < 1.29 is 14.6 Å². The maximum atomic E-state index is 9.91. The Kier molecular flexibility index (Phi) is 2.37. The number of benzene rings is 1. The third-order valence-corrected chi connectivity index (χ3v) is 3.31. The van der Waals surface area contributed by atoms with Gasteiger partial charge in [0.05, 0.1) is 18.8 Å². The summed E-state index contributed by atoms with van der Waals surface area (Å²) in [6.45, 7) is 1.48. The van der Waals surface area contributed by atoms with Crippen LogP contribution in [-0.2, 0) is 10.3 Å². The summed E-state index contributed by atoms with van der Waals surface area (Å²) in [7, 11) is 0. The third-order valence-electron chi connectivity index (χ3n) is 3.31. The number of ether oxygens (including phenoxy) is 2. The third kappa shape index (κ3) is 1.93. The summed E-state index contributed by atoms with van der Waals surface area (Å²) in [5.41, 5.74) is 0.456. The van der Waals surface area contributed by atoms with Crippen molar-refractivity contribution in [3.63, 3.8) is 0 Å². The topological polar surface area (TPSA) is 38.7 Å². The fourth-order valence-corrected chi connectivity index (χ4v) is 2.05. The van der Waals surface area contributed by atoms with E-state index in [-0.39, 0.29) is 6.10 Å². The van der Waals surface area contributed by atoms with E-state index < -0.39 is 5.60 Å². The van der Waals surface area contributed by atoms with Gasteiger partial charge in [-0.05, 0) is 30.5 Å². The van der Waals surface area contributed by atoms with Gasteiger partial charge in [0, 0.05) is 6.42 Å². The van der Waals surface area contributed by atoms with Crippen LogP contribution in [0.5, 0.6) is 5.75 Å². The molecule has 1 aromatic rings. The lowest BCUT2D eigenvalue weighted by Gasteiger charge is -2.13. The zero-order valence-electron chi connectivity index (χ0n) is 9.19. The zero-order chi connectivity index (χ0) is 11.0. The molecule has 1 N–H and O–H groups in total. The molecule has 0 bridgehead atoms. The van der Waals surface area contributed by atoms with E-state index in [0.717, 1.165) is 37.2 Å². The van der Waals surface area contributed by atoms with Crippen LogP contribution < -0.4 is 4.74 Å². The van der Waals surface area contributed by atoms with E-state index >= 15 is 0 Å². The first-order chi connectivity index (χ1) is 7.76. The highest BCUT2D eigenvalue weighted by atomic mass is 16.5. The normalized spacial score (nSPS) is 26.7. The minimum absolute atomic E-state index is 0.190. The maximum absolute atomic E-state index is 9.91. The molecule has 3 nitrogen and oxygen atoms in total. The molecule has 1 aromatic carbocycles. The second-order valence-corrected chi connectivity index (χ2v) is 4.66. The Morgan fingerprint density at radius 3 is 2.56 bits per heavy atom. The van der Waals surface area contributed by atoms with Gasteiger partial charge >= 0.3 is 0 Å². The van der Waals surface area contributed by atoms with Gasteiger partial charge in [-0.25, -0.2) is 0 Å². The molecular formula is C13H16O3. The summed E-state index contributed by atoms with van der Waals surface area (Å²) in [5, 5.41) is 9.91. The van der Waals surface area contributed by atoms with Crippen LogP contribution in [0.15, 0.2) is 24.3 Å². The Labute approximate surface area is 95.0 Å². The highest BCUT2D eigenvalue weighted by molar-refractivity contribution is 5.33. The SMILES string of the molecule is OC1(c2ccc(OC3CCOC3)cc2)CC1. The molecule has 1 aliphatic heterocycles. The number of hydrogen-bond donors (Lipinski definition) is 1. The summed E-state index contributed by atoms with van der Waals surface area (Å²) in [5.74, 6) is 0.864. The average Bonchev–Trinajstić information content (AvgIpc) is 2.85. The minimum atomic E-state index is -0.547. The average molecular weight is 220 g/mol. The fourth-order valence-electron chi connectivity index (χ4n) is 2.05. The monoisotopic (exact) mass is 220 g/mol. The van der Waals surface area contributed by atoms with Crippen LogP contribution in [0.4, 0.5) is 0 Å². The predicted octanol–water partition coefficient (Wildman–Crippen LogP) is 1.84. The van der Waals surface area contributed by atoms with Gasteiger partial charge < -0.3 is 14.6 Å². The highest BCUT2D eigenvalue weighted by Gasteiger charge is 2.41. The van der Waals surface area contributed by atoms with Gasteiger partial charge in [0.1, 0.15) is 11.9 Å². The van der Waals surface area contributed by atoms with Crippen LogP contribution in [0.1, 0.15) is 24.8 Å². The summed E-state index contributed by atoms with van der Waals surface area (Å²) in [6.07, 6.45) is 2.91. The number of rotatable bonds is 3. The van der Waals surface area contributed by atoms with Gasteiger partial charge in [0.2, 0.25) is 0 Å². The number of hydrogen-bond acceptors (Lipinski definition) is 3. The first-order valence-electron chi connectivity index (χ1n) is 5.84. The Hall–Kier alpha value is -1.06. The molecule has 0 amide bonds. The summed E-state index contributed by atoms with van der Waals surface area (Å²) in [6, 6.07) is 7.78. The summed E-state index contributed by atoms with van der Waals surface area (Å²) >= 11 is 0. The molecule has 3 rings (SSSR count). The van der Waals surface area contributed by atoms with Crippen molar-refractivity contribution in [1.29, 1.82) is 0 Å². The quantitative estimate of drug-likeness (QED) is 0.844. The Morgan fingerprint density at radius 1 is 1.25 bits per heavy atom. The van der Waals surface area contributed by atoms with E-state index in [1.54, 1.807) is 0 Å². The summed E-state index contributed by atoms with van der Waals surface area (Å²) in [4.78, 5) is 0. The largest absolute Gasteiger partial charge is 0.488 e.